The minimum absolute atomic E-state index is 0.565. The molecule has 0 aromatic carbocycles. The number of rotatable bonds is 5. The van der Waals surface area contributed by atoms with E-state index in [4.69, 9.17) is 5.41 Å². The van der Waals surface area contributed by atoms with Crippen LogP contribution in [0.3, 0.4) is 0 Å². The Labute approximate surface area is 78.1 Å². The average Bonchev–Trinajstić information content (AvgIpc) is 2.08. The standard InChI is InChI=1S/C9H19N.C2H6/c1-4-6-9(7-5-2)8(3)10;1-2/h9-10H,4-7H2,1-3H3;1-2H3. The summed E-state index contributed by atoms with van der Waals surface area (Å²) in [5, 5.41) is 7.46. The van der Waals surface area contributed by atoms with Crippen molar-refractivity contribution in [2.24, 2.45) is 5.92 Å². The number of hydrogen-bond acceptors (Lipinski definition) is 1. The molecule has 0 saturated carbocycles. The fraction of sp³-hybridized carbons (Fsp3) is 0.909. The average molecular weight is 171 g/mol. The van der Waals surface area contributed by atoms with Crippen LogP contribution in [0.5, 0.6) is 0 Å². The third-order valence-electron chi connectivity index (χ3n) is 1.89. The molecule has 1 nitrogen and oxygen atoms in total. The van der Waals surface area contributed by atoms with Crippen molar-refractivity contribution in [2.45, 2.75) is 60.3 Å². The van der Waals surface area contributed by atoms with E-state index in [9.17, 15) is 0 Å². The van der Waals surface area contributed by atoms with E-state index in [0.29, 0.717) is 5.92 Å². The van der Waals surface area contributed by atoms with E-state index in [1.54, 1.807) is 0 Å². The molecule has 0 bridgehead atoms. The Morgan fingerprint density at radius 1 is 1.08 bits per heavy atom. The van der Waals surface area contributed by atoms with E-state index in [0.717, 1.165) is 5.71 Å². The van der Waals surface area contributed by atoms with Gasteiger partial charge in [-0.05, 0) is 25.7 Å². The maximum Gasteiger partial charge on any atom is 0.00891 e. The summed E-state index contributed by atoms with van der Waals surface area (Å²) in [7, 11) is 0. The summed E-state index contributed by atoms with van der Waals surface area (Å²) in [4.78, 5) is 0. The monoisotopic (exact) mass is 171 g/mol. The molecule has 1 N–H and O–H groups in total. The van der Waals surface area contributed by atoms with Crippen molar-refractivity contribution in [2.75, 3.05) is 0 Å². The van der Waals surface area contributed by atoms with Crippen LogP contribution in [0.25, 0.3) is 0 Å². The lowest BCUT2D eigenvalue weighted by atomic mass is 9.94. The molecule has 0 fully saturated rings. The van der Waals surface area contributed by atoms with Crippen LogP contribution in [0.4, 0.5) is 0 Å². The van der Waals surface area contributed by atoms with Crippen LogP contribution >= 0.6 is 0 Å². The van der Waals surface area contributed by atoms with E-state index >= 15 is 0 Å². The molecule has 0 aliphatic heterocycles. The van der Waals surface area contributed by atoms with E-state index in [1.165, 1.54) is 25.7 Å². The van der Waals surface area contributed by atoms with Crippen LogP contribution in [-0.4, -0.2) is 5.71 Å². The van der Waals surface area contributed by atoms with Crippen molar-refractivity contribution in [3.63, 3.8) is 0 Å². The molecule has 0 spiro atoms. The highest BCUT2D eigenvalue weighted by Crippen LogP contribution is 2.13. The van der Waals surface area contributed by atoms with Crippen LogP contribution in [0.1, 0.15) is 60.3 Å². The zero-order valence-electron chi connectivity index (χ0n) is 9.41. The van der Waals surface area contributed by atoms with Crippen molar-refractivity contribution in [3.8, 4) is 0 Å². The molecular formula is C11H25N. The first kappa shape index (κ1) is 14.2. The minimum atomic E-state index is 0.565. The summed E-state index contributed by atoms with van der Waals surface area (Å²) in [6.45, 7) is 10.3. The van der Waals surface area contributed by atoms with Crippen molar-refractivity contribution in [1.29, 1.82) is 5.41 Å². The van der Waals surface area contributed by atoms with Crippen LogP contribution in [-0.2, 0) is 0 Å². The second-order valence-corrected chi connectivity index (χ2v) is 2.96. The third-order valence-corrected chi connectivity index (χ3v) is 1.89. The molecule has 0 amide bonds. The SMILES string of the molecule is CC.CCCC(CCC)C(C)=N. The molecule has 0 aromatic rings. The molecule has 0 unspecified atom stereocenters. The molecule has 0 rings (SSSR count). The largest absolute Gasteiger partial charge is 0.310 e. The molecule has 0 radical (unpaired) electrons. The van der Waals surface area contributed by atoms with Gasteiger partial charge in [-0.2, -0.15) is 0 Å². The smallest absolute Gasteiger partial charge is 0.00891 e. The topological polar surface area (TPSA) is 23.9 Å². The summed E-state index contributed by atoms with van der Waals surface area (Å²) < 4.78 is 0. The molecule has 0 aromatic heterocycles. The van der Waals surface area contributed by atoms with Crippen LogP contribution < -0.4 is 0 Å². The fourth-order valence-electron chi connectivity index (χ4n) is 1.27. The van der Waals surface area contributed by atoms with Gasteiger partial charge in [-0.25, -0.2) is 0 Å². The van der Waals surface area contributed by atoms with Crippen molar-refractivity contribution in [1.82, 2.24) is 0 Å². The highest BCUT2D eigenvalue weighted by atomic mass is 14.4. The fourth-order valence-corrected chi connectivity index (χ4v) is 1.27. The second kappa shape index (κ2) is 10.7. The van der Waals surface area contributed by atoms with E-state index < -0.39 is 0 Å². The Hall–Kier alpha value is -0.330. The summed E-state index contributed by atoms with van der Waals surface area (Å²) in [5.41, 5.74) is 0.865. The van der Waals surface area contributed by atoms with Crippen molar-refractivity contribution in [3.05, 3.63) is 0 Å². The highest BCUT2D eigenvalue weighted by Gasteiger charge is 2.07. The summed E-state index contributed by atoms with van der Waals surface area (Å²) in [5.74, 6) is 0.565. The lowest BCUT2D eigenvalue weighted by Gasteiger charge is -2.12. The van der Waals surface area contributed by atoms with Gasteiger partial charge in [-0.3, -0.25) is 0 Å². The summed E-state index contributed by atoms with van der Waals surface area (Å²) >= 11 is 0. The Kier molecular flexibility index (Phi) is 12.6. The van der Waals surface area contributed by atoms with Crippen LogP contribution in [0.2, 0.25) is 0 Å². The van der Waals surface area contributed by atoms with Crippen molar-refractivity contribution >= 4 is 5.71 Å². The molecular weight excluding hydrogens is 146 g/mol. The zero-order valence-corrected chi connectivity index (χ0v) is 9.41. The Morgan fingerprint density at radius 3 is 1.58 bits per heavy atom. The lowest BCUT2D eigenvalue weighted by molar-refractivity contribution is 0.555. The highest BCUT2D eigenvalue weighted by molar-refractivity contribution is 5.81. The Morgan fingerprint density at radius 2 is 1.42 bits per heavy atom. The van der Waals surface area contributed by atoms with E-state index in [-0.39, 0.29) is 0 Å². The zero-order chi connectivity index (χ0) is 9.98. The molecule has 12 heavy (non-hydrogen) atoms. The molecule has 0 atom stereocenters. The van der Waals surface area contributed by atoms with Crippen LogP contribution in [0.15, 0.2) is 0 Å². The number of nitrogens with one attached hydrogen (secondary N) is 1. The first-order valence-corrected chi connectivity index (χ1v) is 5.27. The first-order valence-electron chi connectivity index (χ1n) is 5.27. The van der Waals surface area contributed by atoms with Gasteiger partial charge in [0.2, 0.25) is 0 Å². The van der Waals surface area contributed by atoms with Gasteiger partial charge in [0.05, 0.1) is 0 Å². The van der Waals surface area contributed by atoms with E-state index in [1.807, 2.05) is 20.8 Å². The molecule has 0 saturated heterocycles. The molecule has 0 aliphatic rings. The predicted octanol–water partition coefficient (Wildman–Crippen LogP) is 4.27. The summed E-state index contributed by atoms with van der Waals surface area (Å²) in [6.07, 6.45) is 4.81. The molecule has 0 aliphatic carbocycles. The first-order chi connectivity index (χ1) is 5.72. The normalized spacial score (nSPS) is 9.17. The van der Waals surface area contributed by atoms with Gasteiger partial charge in [0.1, 0.15) is 0 Å². The van der Waals surface area contributed by atoms with Crippen molar-refractivity contribution < 1.29 is 0 Å². The van der Waals surface area contributed by atoms with Gasteiger partial charge in [0.15, 0.2) is 0 Å². The van der Waals surface area contributed by atoms with Gasteiger partial charge in [-0.15, -0.1) is 0 Å². The van der Waals surface area contributed by atoms with Gasteiger partial charge in [-0.1, -0.05) is 40.5 Å². The van der Waals surface area contributed by atoms with Gasteiger partial charge >= 0.3 is 0 Å². The van der Waals surface area contributed by atoms with Gasteiger partial charge < -0.3 is 5.41 Å². The molecule has 0 heterocycles. The maximum absolute atomic E-state index is 7.46. The summed E-state index contributed by atoms with van der Waals surface area (Å²) in [6, 6.07) is 0. The quantitative estimate of drug-likeness (QED) is 0.597. The number of hydrogen-bond donors (Lipinski definition) is 1. The Balaban J connectivity index is 0. The van der Waals surface area contributed by atoms with E-state index in [2.05, 4.69) is 13.8 Å². The van der Waals surface area contributed by atoms with Gasteiger partial charge in [0, 0.05) is 5.71 Å². The minimum Gasteiger partial charge on any atom is -0.310 e. The Bertz CT molecular complexity index is 91.2. The second-order valence-electron chi connectivity index (χ2n) is 2.96. The third kappa shape index (κ3) is 7.77. The molecule has 74 valence electrons. The lowest BCUT2D eigenvalue weighted by Crippen LogP contribution is -2.08. The molecule has 1 heteroatoms. The maximum atomic E-state index is 7.46. The van der Waals surface area contributed by atoms with Crippen LogP contribution in [0, 0.1) is 11.3 Å². The predicted molar refractivity (Wildman–Crippen MR) is 58.1 cm³/mol. The van der Waals surface area contributed by atoms with Gasteiger partial charge in [0.25, 0.3) is 0 Å².